The lowest BCUT2D eigenvalue weighted by atomic mass is 10.00. The first-order valence-electron chi connectivity index (χ1n) is 5.06. The minimum Gasteiger partial charge on any atom is -0.477 e. The summed E-state index contributed by atoms with van der Waals surface area (Å²) in [6.45, 7) is 3.64. The number of nitrogens with two attached hydrogens (primary N) is 1. The van der Waals surface area contributed by atoms with E-state index in [9.17, 15) is 9.59 Å². The van der Waals surface area contributed by atoms with Crippen LogP contribution in [0, 0.1) is 0 Å². The van der Waals surface area contributed by atoms with Gasteiger partial charge >= 0.3 is 5.97 Å². The van der Waals surface area contributed by atoms with Crippen molar-refractivity contribution in [3.8, 4) is 0 Å². The molecule has 0 bridgehead atoms. The predicted octanol–water partition coefficient (Wildman–Crippen LogP) is 0.846. The molecule has 0 aromatic carbocycles. The molecule has 92 valence electrons. The van der Waals surface area contributed by atoms with Gasteiger partial charge in [-0.25, -0.2) is 9.78 Å². The summed E-state index contributed by atoms with van der Waals surface area (Å²) in [6, 6.07) is 2.99. The first kappa shape index (κ1) is 13.0. The highest BCUT2D eigenvalue weighted by molar-refractivity contribution is 5.85. The Kier molecular flexibility index (Phi) is 3.67. The lowest BCUT2D eigenvalue weighted by Crippen LogP contribution is -2.36. The summed E-state index contributed by atoms with van der Waals surface area (Å²) >= 11 is 0. The molecule has 1 rings (SSSR count). The van der Waals surface area contributed by atoms with Crippen LogP contribution >= 0.6 is 0 Å². The van der Waals surface area contributed by atoms with E-state index in [-0.39, 0.29) is 12.1 Å². The van der Waals surface area contributed by atoms with E-state index in [2.05, 4.69) is 10.3 Å². The average molecular weight is 237 g/mol. The smallest absolute Gasteiger partial charge is 0.354 e. The number of nitrogens with one attached hydrogen (secondary N) is 1. The monoisotopic (exact) mass is 237 g/mol. The SMILES string of the molecule is CC(C)(CC(N)=O)Nc1ccc(C(=O)O)nc1. The van der Waals surface area contributed by atoms with Gasteiger partial charge in [0, 0.05) is 12.0 Å². The van der Waals surface area contributed by atoms with Crippen LogP contribution in [-0.2, 0) is 4.79 Å². The number of amides is 1. The molecule has 0 spiro atoms. The largest absolute Gasteiger partial charge is 0.477 e. The van der Waals surface area contributed by atoms with Gasteiger partial charge in [-0.05, 0) is 26.0 Å². The van der Waals surface area contributed by atoms with Gasteiger partial charge < -0.3 is 16.2 Å². The molecule has 1 amide bonds. The van der Waals surface area contributed by atoms with Gasteiger partial charge in [-0.1, -0.05) is 0 Å². The topological polar surface area (TPSA) is 105 Å². The highest BCUT2D eigenvalue weighted by Crippen LogP contribution is 2.17. The number of anilines is 1. The summed E-state index contributed by atoms with van der Waals surface area (Å²) in [5.41, 5.74) is 5.24. The average Bonchev–Trinajstić information content (AvgIpc) is 2.15. The van der Waals surface area contributed by atoms with Crippen molar-refractivity contribution in [1.82, 2.24) is 4.98 Å². The Morgan fingerprint density at radius 3 is 2.53 bits per heavy atom. The molecule has 0 unspecified atom stereocenters. The van der Waals surface area contributed by atoms with E-state index in [1.165, 1.54) is 12.3 Å². The molecule has 0 aliphatic rings. The Bertz CT molecular complexity index is 426. The Labute approximate surface area is 98.8 Å². The number of nitrogens with zero attached hydrogens (tertiary/aromatic N) is 1. The number of carboxylic acids is 1. The van der Waals surface area contributed by atoms with Gasteiger partial charge in [0.05, 0.1) is 11.9 Å². The first-order chi connectivity index (χ1) is 7.80. The third-order valence-corrected chi connectivity index (χ3v) is 2.08. The number of rotatable bonds is 5. The standard InChI is InChI=1S/C11H15N3O3/c1-11(2,5-9(12)15)14-7-3-4-8(10(16)17)13-6-7/h3-4,6,14H,5H2,1-2H3,(H2,12,15)(H,16,17). The van der Waals surface area contributed by atoms with E-state index < -0.39 is 17.4 Å². The van der Waals surface area contributed by atoms with E-state index in [0.29, 0.717) is 5.69 Å². The summed E-state index contributed by atoms with van der Waals surface area (Å²) in [6.07, 6.45) is 1.58. The zero-order valence-electron chi connectivity index (χ0n) is 9.73. The lowest BCUT2D eigenvalue weighted by Gasteiger charge is -2.25. The van der Waals surface area contributed by atoms with Crippen LogP contribution in [0.1, 0.15) is 30.8 Å². The number of hydrogen-bond acceptors (Lipinski definition) is 4. The lowest BCUT2D eigenvalue weighted by molar-refractivity contribution is -0.118. The number of carboxylic acid groups (broad SMARTS) is 1. The number of carbonyl (C=O) groups excluding carboxylic acids is 1. The fourth-order valence-corrected chi connectivity index (χ4v) is 1.46. The molecule has 1 aromatic rings. The van der Waals surface area contributed by atoms with Crippen molar-refractivity contribution in [3.05, 3.63) is 24.0 Å². The normalized spacial score (nSPS) is 10.9. The van der Waals surface area contributed by atoms with E-state index in [1.807, 2.05) is 13.8 Å². The molecule has 0 saturated carbocycles. The van der Waals surface area contributed by atoms with Gasteiger partial charge in [-0.2, -0.15) is 0 Å². The fraction of sp³-hybridized carbons (Fsp3) is 0.364. The minimum absolute atomic E-state index is 0.0248. The van der Waals surface area contributed by atoms with Crippen LogP contribution in [-0.4, -0.2) is 27.5 Å². The molecule has 6 nitrogen and oxygen atoms in total. The van der Waals surface area contributed by atoms with E-state index in [0.717, 1.165) is 0 Å². The zero-order valence-corrected chi connectivity index (χ0v) is 9.73. The summed E-state index contributed by atoms with van der Waals surface area (Å²) in [5, 5.41) is 11.7. The minimum atomic E-state index is -1.08. The molecule has 0 aliphatic heterocycles. The zero-order chi connectivity index (χ0) is 13.1. The number of pyridine rings is 1. The summed E-state index contributed by atoms with van der Waals surface area (Å²) in [5.74, 6) is -1.48. The Morgan fingerprint density at radius 1 is 1.47 bits per heavy atom. The maximum absolute atomic E-state index is 10.8. The third-order valence-electron chi connectivity index (χ3n) is 2.08. The Hall–Kier alpha value is -2.11. The van der Waals surface area contributed by atoms with Crippen LogP contribution in [0.2, 0.25) is 0 Å². The van der Waals surface area contributed by atoms with Gasteiger partial charge in [0.25, 0.3) is 0 Å². The van der Waals surface area contributed by atoms with E-state index in [1.54, 1.807) is 6.07 Å². The van der Waals surface area contributed by atoms with Gasteiger partial charge in [-0.3, -0.25) is 4.79 Å². The number of aromatic carboxylic acids is 1. The Morgan fingerprint density at radius 2 is 2.12 bits per heavy atom. The van der Waals surface area contributed by atoms with Crippen molar-refractivity contribution in [2.24, 2.45) is 5.73 Å². The van der Waals surface area contributed by atoms with Crippen molar-refractivity contribution < 1.29 is 14.7 Å². The molecule has 4 N–H and O–H groups in total. The van der Waals surface area contributed by atoms with Gasteiger partial charge in [0.2, 0.25) is 5.91 Å². The molecule has 0 fully saturated rings. The van der Waals surface area contributed by atoms with Crippen molar-refractivity contribution in [2.45, 2.75) is 25.8 Å². The summed E-state index contributed by atoms with van der Waals surface area (Å²) in [7, 11) is 0. The molecule has 1 heterocycles. The first-order valence-corrected chi connectivity index (χ1v) is 5.06. The van der Waals surface area contributed by atoms with E-state index in [4.69, 9.17) is 10.8 Å². The van der Waals surface area contributed by atoms with Crippen molar-refractivity contribution in [1.29, 1.82) is 0 Å². The number of aromatic nitrogens is 1. The third kappa shape index (κ3) is 4.10. The fourth-order valence-electron chi connectivity index (χ4n) is 1.46. The molecule has 6 heteroatoms. The molecular formula is C11H15N3O3. The predicted molar refractivity (Wildman–Crippen MR) is 62.7 cm³/mol. The molecule has 0 saturated heterocycles. The van der Waals surface area contributed by atoms with Crippen LogP contribution in [0.15, 0.2) is 18.3 Å². The number of hydrogen-bond donors (Lipinski definition) is 3. The van der Waals surface area contributed by atoms with Gasteiger partial charge in [-0.15, -0.1) is 0 Å². The maximum atomic E-state index is 10.8. The summed E-state index contributed by atoms with van der Waals surface area (Å²) in [4.78, 5) is 25.2. The highest BCUT2D eigenvalue weighted by atomic mass is 16.4. The van der Waals surface area contributed by atoms with E-state index >= 15 is 0 Å². The molecule has 17 heavy (non-hydrogen) atoms. The van der Waals surface area contributed by atoms with Crippen molar-refractivity contribution >= 4 is 17.6 Å². The molecule has 0 atom stereocenters. The molecular weight excluding hydrogens is 222 g/mol. The molecule has 0 radical (unpaired) electrons. The van der Waals surface area contributed by atoms with Crippen LogP contribution in [0.25, 0.3) is 0 Å². The molecule has 0 aliphatic carbocycles. The second kappa shape index (κ2) is 4.82. The van der Waals surface area contributed by atoms with Crippen molar-refractivity contribution in [2.75, 3.05) is 5.32 Å². The number of primary amides is 1. The second-order valence-corrected chi connectivity index (χ2v) is 4.39. The van der Waals surface area contributed by atoms with Gasteiger partial charge in [0.15, 0.2) is 0 Å². The number of carbonyl (C=O) groups is 2. The summed E-state index contributed by atoms with van der Waals surface area (Å²) < 4.78 is 0. The van der Waals surface area contributed by atoms with Crippen LogP contribution < -0.4 is 11.1 Å². The molecule has 1 aromatic heterocycles. The second-order valence-electron chi connectivity index (χ2n) is 4.39. The van der Waals surface area contributed by atoms with Crippen LogP contribution in [0.4, 0.5) is 5.69 Å². The Balaban J connectivity index is 2.75. The van der Waals surface area contributed by atoms with Gasteiger partial charge in [0.1, 0.15) is 5.69 Å². The maximum Gasteiger partial charge on any atom is 0.354 e. The quantitative estimate of drug-likeness (QED) is 0.703. The van der Waals surface area contributed by atoms with Crippen molar-refractivity contribution in [3.63, 3.8) is 0 Å². The highest BCUT2D eigenvalue weighted by Gasteiger charge is 2.20. The van der Waals surface area contributed by atoms with Crippen LogP contribution in [0.5, 0.6) is 0 Å². The van der Waals surface area contributed by atoms with Crippen LogP contribution in [0.3, 0.4) is 0 Å².